The molecule has 1 aromatic heterocycles. The Bertz CT molecular complexity index is 771. The van der Waals surface area contributed by atoms with E-state index in [4.69, 9.17) is 0 Å². The summed E-state index contributed by atoms with van der Waals surface area (Å²) in [5, 5.41) is 7.99. The van der Waals surface area contributed by atoms with Gasteiger partial charge in [0.2, 0.25) is 5.91 Å². The first-order valence-corrected chi connectivity index (χ1v) is 10.6. The predicted octanol–water partition coefficient (Wildman–Crippen LogP) is 3.49. The van der Waals surface area contributed by atoms with Crippen LogP contribution < -0.4 is 10.6 Å². The monoisotopic (exact) mass is 483 g/mol. The smallest absolute Gasteiger partial charge is 0.261 e. The van der Waals surface area contributed by atoms with E-state index >= 15 is 0 Å². The largest absolute Gasteiger partial charge is 0.349 e. The van der Waals surface area contributed by atoms with Crippen LogP contribution in [-0.2, 0) is 4.79 Å². The lowest BCUT2D eigenvalue weighted by atomic mass is 10.0. The van der Waals surface area contributed by atoms with Gasteiger partial charge >= 0.3 is 0 Å². The van der Waals surface area contributed by atoms with Crippen LogP contribution in [0, 0.1) is 10.5 Å². The highest BCUT2D eigenvalue weighted by molar-refractivity contribution is 14.1. The zero-order chi connectivity index (χ0) is 18.5. The van der Waals surface area contributed by atoms with Gasteiger partial charge < -0.3 is 10.6 Å². The van der Waals surface area contributed by atoms with E-state index in [0.29, 0.717) is 6.54 Å². The van der Waals surface area contributed by atoms with Gasteiger partial charge in [0.15, 0.2) is 0 Å². The van der Waals surface area contributed by atoms with Crippen LogP contribution in [0.15, 0.2) is 35.7 Å². The van der Waals surface area contributed by atoms with Crippen molar-refractivity contribution in [2.24, 2.45) is 0 Å². The summed E-state index contributed by atoms with van der Waals surface area (Å²) in [4.78, 5) is 27.3. The minimum Gasteiger partial charge on any atom is -0.349 e. The fraction of sp³-hybridized carbons (Fsp3) is 0.368. The molecule has 2 aromatic rings. The highest BCUT2D eigenvalue weighted by atomic mass is 127. The number of hydrogen-bond donors (Lipinski definition) is 2. The minimum absolute atomic E-state index is 0.00498. The number of benzene rings is 1. The fourth-order valence-electron chi connectivity index (χ4n) is 3.06. The number of carbonyl (C=O) groups excluding carboxylic acids is 2. The van der Waals surface area contributed by atoms with Crippen molar-refractivity contribution in [2.45, 2.75) is 25.8 Å². The second-order valence-electron chi connectivity index (χ2n) is 6.51. The molecule has 3 rings (SSSR count). The van der Waals surface area contributed by atoms with Gasteiger partial charge in [-0.15, -0.1) is 11.3 Å². The maximum atomic E-state index is 12.3. The number of nitrogens with zero attached hydrogens (tertiary/aromatic N) is 1. The Balaban J connectivity index is 1.43. The average molecular weight is 483 g/mol. The summed E-state index contributed by atoms with van der Waals surface area (Å²) in [6.07, 6.45) is 1.74. The quantitative estimate of drug-likeness (QED) is 0.641. The van der Waals surface area contributed by atoms with Crippen LogP contribution in [0.1, 0.15) is 28.1 Å². The summed E-state index contributed by atoms with van der Waals surface area (Å²) in [5.74, 6) is 0.0146. The molecule has 26 heavy (non-hydrogen) atoms. The van der Waals surface area contributed by atoms with Crippen molar-refractivity contribution in [3.05, 3.63) is 49.7 Å². The van der Waals surface area contributed by atoms with Gasteiger partial charge in [0.1, 0.15) is 0 Å². The molecule has 1 aliphatic heterocycles. The number of carbonyl (C=O) groups is 2. The van der Waals surface area contributed by atoms with Crippen LogP contribution in [0.25, 0.3) is 0 Å². The summed E-state index contributed by atoms with van der Waals surface area (Å²) in [5.41, 5.74) is 1.94. The number of rotatable bonds is 5. The lowest BCUT2D eigenvalue weighted by molar-refractivity contribution is -0.117. The van der Waals surface area contributed by atoms with Crippen molar-refractivity contribution >= 4 is 51.4 Å². The molecular weight excluding hydrogens is 461 g/mol. The Morgan fingerprint density at radius 2 is 2.04 bits per heavy atom. The van der Waals surface area contributed by atoms with Gasteiger partial charge in [-0.05, 0) is 77.6 Å². The molecule has 1 aliphatic rings. The van der Waals surface area contributed by atoms with E-state index in [2.05, 4.69) is 44.2 Å². The molecule has 0 radical (unpaired) electrons. The minimum atomic E-state index is 0.00498. The van der Waals surface area contributed by atoms with Crippen molar-refractivity contribution in [2.75, 3.05) is 25.0 Å². The van der Waals surface area contributed by atoms with Crippen LogP contribution in [-0.4, -0.2) is 42.4 Å². The molecular formula is C19H22IN3O2S. The molecule has 138 valence electrons. The Labute approximate surface area is 171 Å². The van der Waals surface area contributed by atoms with Gasteiger partial charge in [0.05, 0.1) is 11.4 Å². The maximum Gasteiger partial charge on any atom is 0.261 e. The van der Waals surface area contributed by atoms with Crippen molar-refractivity contribution in [1.29, 1.82) is 0 Å². The van der Waals surface area contributed by atoms with Gasteiger partial charge in [-0.2, -0.15) is 0 Å². The van der Waals surface area contributed by atoms with Crippen LogP contribution in [0.3, 0.4) is 0 Å². The van der Waals surface area contributed by atoms with E-state index in [9.17, 15) is 9.59 Å². The van der Waals surface area contributed by atoms with Crippen LogP contribution in [0.2, 0.25) is 0 Å². The second-order valence-corrected chi connectivity index (χ2v) is 8.70. The number of piperidine rings is 1. The molecule has 1 aromatic carbocycles. The highest BCUT2D eigenvalue weighted by Crippen LogP contribution is 2.18. The Kier molecular flexibility index (Phi) is 6.66. The molecule has 2 heterocycles. The third kappa shape index (κ3) is 5.28. The van der Waals surface area contributed by atoms with E-state index in [1.54, 1.807) is 0 Å². The van der Waals surface area contributed by atoms with E-state index in [0.717, 1.165) is 45.6 Å². The van der Waals surface area contributed by atoms with Crippen molar-refractivity contribution in [3.63, 3.8) is 0 Å². The Hall–Kier alpha value is -1.45. The standard InChI is InChI=1S/C19H22IN3O2S/c1-13-11-14(20)4-5-16(13)22-18(24)12-23-8-6-15(7-9-23)21-19(25)17-3-2-10-26-17/h2-5,10-11,15H,6-9,12H2,1H3,(H,21,25)(H,22,24). The zero-order valence-corrected chi connectivity index (χ0v) is 17.6. The predicted molar refractivity (Wildman–Crippen MR) is 114 cm³/mol. The topological polar surface area (TPSA) is 61.4 Å². The lowest BCUT2D eigenvalue weighted by Crippen LogP contribution is -2.46. The molecule has 0 aliphatic carbocycles. The maximum absolute atomic E-state index is 12.3. The molecule has 2 amide bonds. The number of halogens is 1. The summed E-state index contributed by atoms with van der Waals surface area (Å²) < 4.78 is 1.16. The number of amides is 2. The Morgan fingerprint density at radius 1 is 1.27 bits per heavy atom. The zero-order valence-electron chi connectivity index (χ0n) is 14.6. The first-order chi connectivity index (χ1) is 12.5. The van der Waals surface area contributed by atoms with Gasteiger partial charge in [-0.3, -0.25) is 14.5 Å². The van der Waals surface area contributed by atoms with E-state index in [1.165, 1.54) is 11.3 Å². The molecule has 7 heteroatoms. The van der Waals surface area contributed by atoms with E-state index < -0.39 is 0 Å². The first kappa shape index (κ1) is 19.3. The third-order valence-electron chi connectivity index (χ3n) is 4.50. The van der Waals surface area contributed by atoms with Gasteiger partial charge in [-0.1, -0.05) is 6.07 Å². The van der Waals surface area contributed by atoms with Gasteiger partial charge in [0.25, 0.3) is 5.91 Å². The first-order valence-electron chi connectivity index (χ1n) is 8.64. The Morgan fingerprint density at radius 3 is 2.69 bits per heavy atom. The number of aryl methyl sites for hydroxylation is 1. The second kappa shape index (κ2) is 8.96. The molecule has 1 saturated heterocycles. The average Bonchev–Trinajstić information content (AvgIpc) is 3.14. The molecule has 0 unspecified atom stereocenters. The summed E-state index contributed by atoms with van der Waals surface area (Å²) in [6.45, 7) is 4.01. The fourth-order valence-corrected chi connectivity index (χ4v) is 4.33. The summed E-state index contributed by atoms with van der Waals surface area (Å²) in [7, 11) is 0. The lowest BCUT2D eigenvalue weighted by Gasteiger charge is -2.31. The third-order valence-corrected chi connectivity index (χ3v) is 6.04. The molecule has 5 nitrogen and oxygen atoms in total. The normalized spacial score (nSPS) is 15.6. The number of thiophene rings is 1. The molecule has 0 spiro atoms. The van der Waals surface area contributed by atoms with Crippen LogP contribution in [0.4, 0.5) is 5.69 Å². The van der Waals surface area contributed by atoms with Crippen molar-refractivity contribution < 1.29 is 9.59 Å². The molecule has 0 bridgehead atoms. The molecule has 1 fully saturated rings. The number of anilines is 1. The van der Waals surface area contributed by atoms with Crippen molar-refractivity contribution in [1.82, 2.24) is 10.2 Å². The van der Waals surface area contributed by atoms with E-state index in [1.807, 2.05) is 36.6 Å². The highest BCUT2D eigenvalue weighted by Gasteiger charge is 2.22. The summed E-state index contributed by atoms with van der Waals surface area (Å²) >= 11 is 3.72. The van der Waals surface area contributed by atoms with Crippen LogP contribution >= 0.6 is 33.9 Å². The van der Waals surface area contributed by atoms with Crippen molar-refractivity contribution in [3.8, 4) is 0 Å². The molecule has 0 saturated carbocycles. The molecule has 0 atom stereocenters. The number of likely N-dealkylation sites (tertiary alicyclic amines) is 1. The van der Waals surface area contributed by atoms with Gasteiger partial charge in [0, 0.05) is 28.4 Å². The van der Waals surface area contributed by atoms with Gasteiger partial charge in [-0.25, -0.2) is 0 Å². The van der Waals surface area contributed by atoms with E-state index in [-0.39, 0.29) is 17.9 Å². The van der Waals surface area contributed by atoms with Crippen LogP contribution in [0.5, 0.6) is 0 Å². The number of nitrogens with one attached hydrogen (secondary N) is 2. The number of hydrogen-bond acceptors (Lipinski definition) is 4. The summed E-state index contributed by atoms with van der Waals surface area (Å²) in [6, 6.07) is 9.90. The SMILES string of the molecule is Cc1cc(I)ccc1NC(=O)CN1CCC(NC(=O)c2cccs2)CC1. The molecule has 2 N–H and O–H groups in total.